The minimum absolute atomic E-state index is 0.119. The lowest BCUT2D eigenvalue weighted by Crippen LogP contribution is -2.12. The molecule has 1 aliphatic rings. The highest BCUT2D eigenvalue weighted by atomic mass is 16.5. The monoisotopic (exact) mass is 158 g/mol. The number of ether oxygens (including phenoxy) is 1. The van der Waals surface area contributed by atoms with Crippen molar-refractivity contribution in [3.8, 4) is 0 Å². The molecule has 0 aliphatic carbocycles. The third-order valence-corrected chi connectivity index (χ3v) is 2.76. The standard InChI is InChI=1S/C9H18O2/c1-3-7(2)8-4-9(5-10)11-6-8/h7-10H,3-6H2,1-2H3. The minimum Gasteiger partial charge on any atom is -0.394 e. The number of aliphatic hydroxyl groups excluding tert-OH is 1. The maximum absolute atomic E-state index is 8.81. The first-order chi connectivity index (χ1) is 5.27. The molecule has 66 valence electrons. The molecule has 0 radical (unpaired) electrons. The quantitative estimate of drug-likeness (QED) is 0.673. The topological polar surface area (TPSA) is 29.5 Å². The Kier molecular flexibility index (Phi) is 3.34. The van der Waals surface area contributed by atoms with Gasteiger partial charge in [0.1, 0.15) is 0 Å². The number of aliphatic hydroxyl groups is 1. The van der Waals surface area contributed by atoms with Crippen LogP contribution in [-0.2, 0) is 4.74 Å². The highest BCUT2D eigenvalue weighted by Gasteiger charge is 2.27. The average molecular weight is 158 g/mol. The van der Waals surface area contributed by atoms with Gasteiger partial charge in [0.05, 0.1) is 19.3 Å². The molecule has 0 aromatic heterocycles. The molecule has 0 bridgehead atoms. The van der Waals surface area contributed by atoms with E-state index in [0.29, 0.717) is 5.92 Å². The molecule has 3 unspecified atom stereocenters. The first-order valence-electron chi connectivity index (χ1n) is 4.50. The maximum atomic E-state index is 8.81. The molecule has 1 fully saturated rings. The van der Waals surface area contributed by atoms with Crippen molar-refractivity contribution in [1.29, 1.82) is 0 Å². The van der Waals surface area contributed by atoms with Crippen molar-refractivity contribution in [2.45, 2.75) is 32.8 Å². The summed E-state index contributed by atoms with van der Waals surface area (Å²) in [6, 6.07) is 0. The number of hydrogen-bond acceptors (Lipinski definition) is 2. The van der Waals surface area contributed by atoms with E-state index in [0.717, 1.165) is 18.9 Å². The molecule has 3 atom stereocenters. The zero-order chi connectivity index (χ0) is 8.27. The summed E-state index contributed by atoms with van der Waals surface area (Å²) in [4.78, 5) is 0. The lowest BCUT2D eigenvalue weighted by atomic mass is 9.90. The van der Waals surface area contributed by atoms with Crippen LogP contribution in [0.5, 0.6) is 0 Å². The summed E-state index contributed by atoms with van der Waals surface area (Å²) in [5.74, 6) is 1.42. The van der Waals surface area contributed by atoms with Gasteiger partial charge in [-0.3, -0.25) is 0 Å². The molecule has 0 saturated carbocycles. The predicted octanol–water partition coefficient (Wildman–Crippen LogP) is 1.43. The van der Waals surface area contributed by atoms with Gasteiger partial charge in [0.25, 0.3) is 0 Å². The molecule has 1 rings (SSSR count). The minimum atomic E-state index is 0.119. The van der Waals surface area contributed by atoms with Crippen molar-refractivity contribution in [1.82, 2.24) is 0 Å². The van der Waals surface area contributed by atoms with Crippen LogP contribution in [-0.4, -0.2) is 24.4 Å². The fourth-order valence-electron chi connectivity index (χ4n) is 1.59. The van der Waals surface area contributed by atoms with E-state index in [4.69, 9.17) is 9.84 Å². The Morgan fingerprint density at radius 2 is 2.36 bits per heavy atom. The van der Waals surface area contributed by atoms with Crippen molar-refractivity contribution >= 4 is 0 Å². The first kappa shape index (κ1) is 9.01. The van der Waals surface area contributed by atoms with Crippen LogP contribution in [0.15, 0.2) is 0 Å². The van der Waals surface area contributed by atoms with Gasteiger partial charge in [-0.25, -0.2) is 0 Å². The van der Waals surface area contributed by atoms with E-state index in [-0.39, 0.29) is 12.7 Å². The van der Waals surface area contributed by atoms with Crippen LogP contribution in [0.25, 0.3) is 0 Å². The first-order valence-corrected chi connectivity index (χ1v) is 4.50. The highest BCUT2D eigenvalue weighted by molar-refractivity contribution is 4.76. The fraction of sp³-hybridized carbons (Fsp3) is 1.00. The summed E-state index contributed by atoms with van der Waals surface area (Å²) in [6.45, 7) is 5.50. The molecule has 1 heterocycles. The van der Waals surface area contributed by atoms with E-state index in [1.54, 1.807) is 0 Å². The van der Waals surface area contributed by atoms with Crippen molar-refractivity contribution in [2.75, 3.05) is 13.2 Å². The molecule has 0 amide bonds. The SMILES string of the molecule is CCC(C)C1COC(CO)C1. The molecule has 0 spiro atoms. The van der Waals surface area contributed by atoms with Crippen LogP contribution in [0.2, 0.25) is 0 Å². The maximum Gasteiger partial charge on any atom is 0.0809 e. The smallest absolute Gasteiger partial charge is 0.0809 e. The van der Waals surface area contributed by atoms with Crippen LogP contribution >= 0.6 is 0 Å². The molecular weight excluding hydrogens is 140 g/mol. The Balaban J connectivity index is 2.29. The van der Waals surface area contributed by atoms with E-state index in [1.165, 1.54) is 6.42 Å². The summed E-state index contributed by atoms with van der Waals surface area (Å²) in [6.07, 6.45) is 2.38. The van der Waals surface area contributed by atoms with Crippen molar-refractivity contribution < 1.29 is 9.84 Å². The predicted molar refractivity (Wildman–Crippen MR) is 44.4 cm³/mol. The van der Waals surface area contributed by atoms with E-state index in [1.807, 2.05) is 0 Å². The van der Waals surface area contributed by atoms with Gasteiger partial charge in [-0.1, -0.05) is 20.3 Å². The van der Waals surface area contributed by atoms with Gasteiger partial charge < -0.3 is 9.84 Å². The van der Waals surface area contributed by atoms with Crippen LogP contribution in [0, 0.1) is 11.8 Å². The Hall–Kier alpha value is -0.0800. The van der Waals surface area contributed by atoms with Crippen LogP contribution < -0.4 is 0 Å². The van der Waals surface area contributed by atoms with Crippen LogP contribution in [0.4, 0.5) is 0 Å². The summed E-state index contributed by atoms with van der Waals surface area (Å²) in [5.41, 5.74) is 0. The van der Waals surface area contributed by atoms with Gasteiger partial charge in [0.2, 0.25) is 0 Å². The molecule has 1 N–H and O–H groups in total. The largest absolute Gasteiger partial charge is 0.394 e. The van der Waals surface area contributed by atoms with Gasteiger partial charge >= 0.3 is 0 Å². The molecule has 1 aliphatic heterocycles. The van der Waals surface area contributed by atoms with Crippen molar-refractivity contribution in [3.63, 3.8) is 0 Å². The van der Waals surface area contributed by atoms with Crippen LogP contribution in [0.3, 0.4) is 0 Å². The zero-order valence-corrected chi connectivity index (χ0v) is 7.42. The van der Waals surface area contributed by atoms with Crippen molar-refractivity contribution in [3.05, 3.63) is 0 Å². The highest BCUT2D eigenvalue weighted by Crippen LogP contribution is 2.27. The normalized spacial score (nSPS) is 34.1. The Bertz CT molecular complexity index is 114. The molecule has 0 aromatic carbocycles. The summed E-state index contributed by atoms with van der Waals surface area (Å²) in [7, 11) is 0. The Labute approximate surface area is 68.6 Å². The Morgan fingerprint density at radius 3 is 2.82 bits per heavy atom. The molecular formula is C9H18O2. The number of hydrogen-bond donors (Lipinski definition) is 1. The van der Waals surface area contributed by atoms with Gasteiger partial charge in [-0.2, -0.15) is 0 Å². The molecule has 11 heavy (non-hydrogen) atoms. The lowest BCUT2D eigenvalue weighted by molar-refractivity contribution is 0.0560. The third kappa shape index (κ3) is 2.17. The fourth-order valence-corrected chi connectivity index (χ4v) is 1.59. The summed E-state index contributed by atoms with van der Waals surface area (Å²) in [5, 5.41) is 8.81. The zero-order valence-electron chi connectivity index (χ0n) is 7.42. The molecule has 0 aromatic rings. The van der Waals surface area contributed by atoms with Gasteiger partial charge in [0.15, 0.2) is 0 Å². The average Bonchev–Trinajstić information content (AvgIpc) is 2.50. The summed E-state index contributed by atoms with van der Waals surface area (Å²) >= 11 is 0. The van der Waals surface area contributed by atoms with E-state index < -0.39 is 0 Å². The van der Waals surface area contributed by atoms with Gasteiger partial charge in [-0.05, 0) is 18.3 Å². The number of rotatable bonds is 3. The van der Waals surface area contributed by atoms with E-state index in [9.17, 15) is 0 Å². The molecule has 2 heteroatoms. The van der Waals surface area contributed by atoms with E-state index in [2.05, 4.69) is 13.8 Å². The van der Waals surface area contributed by atoms with Crippen LogP contribution in [0.1, 0.15) is 26.7 Å². The second-order valence-electron chi connectivity index (χ2n) is 3.52. The van der Waals surface area contributed by atoms with Gasteiger partial charge in [0, 0.05) is 0 Å². The Morgan fingerprint density at radius 1 is 1.64 bits per heavy atom. The van der Waals surface area contributed by atoms with Gasteiger partial charge in [-0.15, -0.1) is 0 Å². The van der Waals surface area contributed by atoms with Crippen molar-refractivity contribution in [2.24, 2.45) is 11.8 Å². The molecule has 1 saturated heterocycles. The summed E-state index contributed by atoms with van der Waals surface area (Å²) < 4.78 is 5.39. The third-order valence-electron chi connectivity index (χ3n) is 2.76. The lowest BCUT2D eigenvalue weighted by Gasteiger charge is -2.14. The second kappa shape index (κ2) is 4.07. The second-order valence-corrected chi connectivity index (χ2v) is 3.52. The van der Waals surface area contributed by atoms with E-state index >= 15 is 0 Å². The molecule has 2 nitrogen and oxygen atoms in total.